The smallest absolute Gasteiger partial charge is 0.251 e. The molecule has 0 bridgehead atoms. The van der Waals surface area contributed by atoms with Crippen molar-refractivity contribution in [3.63, 3.8) is 0 Å². The first-order valence-corrected chi connectivity index (χ1v) is 15.2. The minimum absolute atomic E-state index is 0.0415. The van der Waals surface area contributed by atoms with Crippen molar-refractivity contribution in [3.05, 3.63) is 108 Å². The van der Waals surface area contributed by atoms with Crippen LogP contribution in [0.2, 0.25) is 0 Å². The zero-order valence-corrected chi connectivity index (χ0v) is 26.1. The van der Waals surface area contributed by atoms with E-state index in [1.165, 1.54) is 0 Å². The summed E-state index contributed by atoms with van der Waals surface area (Å²) in [6, 6.07) is 27.3. The van der Waals surface area contributed by atoms with Crippen molar-refractivity contribution in [2.75, 3.05) is 5.32 Å². The van der Waals surface area contributed by atoms with Gasteiger partial charge in [-0.15, -0.1) is 0 Å². The van der Waals surface area contributed by atoms with Crippen molar-refractivity contribution in [3.8, 4) is 28.3 Å². The first kappa shape index (κ1) is 30.0. The Morgan fingerprint density at radius 3 is 2.44 bits per heavy atom. The molecule has 1 aliphatic rings. The van der Waals surface area contributed by atoms with Gasteiger partial charge in [0.15, 0.2) is 0 Å². The number of ether oxygens (including phenoxy) is 1. The van der Waals surface area contributed by atoms with Gasteiger partial charge in [0.05, 0.1) is 17.6 Å². The molecule has 1 aliphatic heterocycles. The molecule has 230 valence electrons. The summed E-state index contributed by atoms with van der Waals surface area (Å²) in [5, 5.41) is 17.6. The summed E-state index contributed by atoms with van der Waals surface area (Å²) in [7, 11) is 0. The molecule has 0 spiro atoms. The molecule has 2 aromatic heterocycles. The van der Waals surface area contributed by atoms with Gasteiger partial charge in [-0.05, 0) is 88.6 Å². The average Bonchev–Trinajstić information content (AvgIpc) is 3.50. The number of hydrogen-bond donors (Lipinski definition) is 4. The number of aromatic nitrogens is 4. The molecule has 0 unspecified atom stereocenters. The molecule has 9 heteroatoms. The molecule has 0 radical (unpaired) electrons. The third-order valence-electron chi connectivity index (χ3n) is 7.87. The zero-order valence-electron chi connectivity index (χ0n) is 26.1. The molecule has 0 saturated carbocycles. The minimum Gasteiger partial charge on any atom is -0.489 e. The maximum atomic E-state index is 13.1. The Balaban J connectivity index is 1.12. The average molecular weight is 602 g/mol. The zero-order chi connectivity index (χ0) is 31.4. The van der Waals surface area contributed by atoms with E-state index in [9.17, 15) is 4.79 Å². The highest BCUT2D eigenvalue weighted by Gasteiger charge is 2.38. The van der Waals surface area contributed by atoms with Crippen LogP contribution in [-0.4, -0.2) is 43.2 Å². The number of carbonyl (C=O) groups is 1. The Kier molecular flexibility index (Phi) is 8.36. The number of rotatable bonds is 9. The number of benzene rings is 3. The number of hydrogen-bond acceptors (Lipinski definition) is 7. The van der Waals surface area contributed by atoms with E-state index in [1.54, 1.807) is 12.4 Å². The Hall–Kier alpha value is -5.02. The summed E-state index contributed by atoms with van der Waals surface area (Å²) in [5.74, 6) is 1.14. The van der Waals surface area contributed by atoms with Crippen molar-refractivity contribution in [2.45, 2.75) is 64.3 Å². The van der Waals surface area contributed by atoms with Crippen LogP contribution in [0.15, 0.2) is 97.3 Å². The van der Waals surface area contributed by atoms with Crippen LogP contribution in [0.1, 0.15) is 56.5 Å². The number of nitrogens with one attached hydrogen (secondary N) is 4. The lowest BCUT2D eigenvalue weighted by Crippen LogP contribution is -2.62. The third-order valence-corrected chi connectivity index (χ3v) is 7.87. The molecule has 4 N–H and O–H groups in total. The van der Waals surface area contributed by atoms with Gasteiger partial charge in [0.2, 0.25) is 5.95 Å². The Bertz CT molecular complexity index is 1750. The summed E-state index contributed by atoms with van der Waals surface area (Å²) < 4.78 is 6.04. The van der Waals surface area contributed by atoms with Crippen LogP contribution < -0.4 is 20.7 Å². The van der Waals surface area contributed by atoms with Crippen molar-refractivity contribution in [1.29, 1.82) is 0 Å². The molecule has 1 amide bonds. The molecule has 6 rings (SSSR count). The van der Waals surface area contributed by atoms with Gasteiger partial charge in [-0.2, -0.15) is 5.10 Å². The van der Waals surface area contributed by atoms with E-state index >= 15 is 0 Å². The van der Waals surface area contributed by atoms with Gasteiger partial charge in [-0.1, -0.05) is 42.5 Å². The molecular formula is C36H39N7O2. The fraction of sp³-hybridized carbons (Fsp3) is 0.278. The van der Waals surface area contributed by atoms with Crippen LogP contribution >= 0.6 is 0 Å². The van der Waals surface area contributed by atoms with Crippen molar-refractivity contribution in [2.24, 2.45) is 0 Å². The van der Waals surface area contributed by atoms with Crippen LogP contribution in [0.5, 0.6) is 5.75 Å². The number of aromatic amines is 1. The van der Waals surface area contributed by atoms with Crippen LogP contribution in [-0.2, 0) is 6.61 Å². The van der Waals surface area contributed by atoms with E-state index in [0.717, 1.165) is 52.4 Å². The van der Waals surface area contributed by atoms with Gasteiger partial charge in [-0.3, -0.25) is 9.89 Å². The van der Waals surface area contributed by atoms with E-state index in [0.29, 0.717) is 18.1 Å². The van der Waals surface area contributed by atoms with E-state index in [2.05, 4.69) is 58.8 Å². The molecule has 3 heterocycles. The van der Waals surface area contributed by atoms with Crippen LogP contribution in [0.3, 0.4) is 0 Å². The Labute approximate surface area is 263 Å². The van der Waals surface area contributed by atoms with Gasteiger partial charge in [0, 0.05) is 45.7 Å². The monoisotopic (exact) mass is 601 g/mol. The fourth-order valence-electron chi connectivity index (χ4n) is 6.28. The Morgan fingerprint density at radius 1 is 0.933 bits per heavy atom. The molecule has 1 fully saturated rings. The second kappa shape index (κ2) is 12.5. The highest BCUT2D eigenvalue weighted by molar-refractivity contribution is 5.94. The van der Waals surface area contributed by atoms with Crippen LogP contribution in [0.25, 0.3) is 22.5 Å². The predicted molar refractivity (Wildman–Crippen MR) is 177 cm³/mol. The molecule has 3 aromatic carbocycles. The van der Waals surface area contributed by atoms with Crippen molar-refractivity contribution < 1.29 is 9.53 Å². The molecule has 1 saturated heterocycles. The predicted octanol–water partition coefficient (Wildman–Crippen LogP) is 6.90. The Morgan fingerprint density at radius 2 is 1.69 bits per heavy atom. The maximum Gasteiger partial charge on any atom is 0.251 e. The standard InChI is InChI=1S/C36H39N7O2/c1-35(2)20-28(21-36(3,4)43-35)39-33(44)25-13-15-27(16-14-25)40-34-37-18-17-31(41-34)30-22-38-42-32(30)26-11-8-12-29(19-26)45-23-24-9-6-5-7-10-24/h5-19,22,28,43H,20-21,23H2,1-4H3,(H,38,42)(H,39,44)(H,37,40,41). The number of carbonyl (C=O) groups excluding carboxylic acids is 1. The molecule has 0 atom stereocenters. The number of anilines is 2. The van der Waals surface area contributed by atoms with E-state index < -0.39 is 0 Å². The van der Waals surface area contributed by atoms with Gasteiger partial charge >= 0.3 is 0 Å². The number of piperidine rings is 1. The van der Waals surface area contributed by atoms with Crippen molar-refractivity contribution >= 4 is 17.5 Å². The summed E-state index contributed by atoms with van der Waals surface area (Å²) in [6.07, 6.45) is 5.23. The lowest BCUT2D eigenvalue weighted by Gasteiger charge is -2.46. The quantitative estimate of drug-likeness (QED) is 0.145. The highest BCUT2D eigenvalue weighted by Crippen LogP contribution is 2.32. The molecule has 5 aromatic rings. The van der Waals surface area contributed by atoms with Gasteiger partial charge in [-0.25, -0.2) is 9.97 Å². The molecule has 45 heavy (non-hydrogen) atoms. The fourth-order valence-corrected chi connectivity index (χ4v) is 6.28. The SMILES string of the molecule is CC1(C)CC(NC(=O)c2ccc(Nc3nccc(-c4cn[nH]c4-c4cccc(OCc5ccccc5)c4)n3)cc2)CC(C)(C)N1. The second-order valence-electron chi connectivity index (χ2n) is 12.9. The first-order chi connectivity index (χ1) is 21.6. The molecule has 0 aliphatic carbocycles. The lowest BCUT2D eigenvalue weighted by atomic mass is 9.79. The summed E-state index contributed by atoms with van der Waals surface area (Å²) in [6.45, 7) is 9.20. The highest BCUT2D eigenvalue weighted by atomic mass is 16.5. The summed E-state index contributed by atoms with van der Waals surface area (Å²) in [4.78, 5) is 22.2. The van der Waals surface area contributed by atoms with Gasteiger partial charge in [0.25, 0.3) is 5.91 Å². The van der Waals surface area contributed by atoms with Gasteiger partial charge in [0.1, 0.15) is 12.4 Å². The molecular weight excluding hydrogens is 562 g/mol. The topological polar surface area (TPSA) is 117 Å². The number of amides is 1. The third kappa shape index (κ3) is 7.56. The summed E-state index contributed by atoms with van der Waals surface area (Å²) in [5.41, 5.74) is 5.75. The van der Waals surface area contributed by atoms with E-state index in [4.69, 9.17) is 9.72 Å². The normalized spacial score (nSPS) is 15.7. The van der Waals surface area contributed by atoms with Gasteiger partial charge < -0.3 is 20.7 Å². The maximum absolute atomic E-state index is 13.1. The largest absolute Gasteiger partial charge is 0.489 e. The van der Waals surface area contributed by atoms with E-state index in [1.807, 2.05) is 84.9 Å². The van der Waals surface area contributed by atoms with Crippen molar-refractivity contribution in [1.82, 2.24) is 30.8 Å². The minimum atomic E-state index is -0.0691. The first-order valence-electron chi connectivity index (χ1n) is 15.2. The van der Waals surface area contributed by atoms with Crippen LogP contribution in [0, 0.1) is 0 Å². The second-order valence-corrected chi connectivity index (χ2v) is 12.9. The number of nitrogens with zero attached hydrogens (tertiary/aromatic N) is 3. The van der Waals surface area contributed by atoms with E-state index in [-0.39, 0.29) is 23.0 Å². The lowest BCUT2D eigenvalue weighted by molar-refractivity contribution is 0.0873. The summed E-state index contributed by atoms with van der Waals surface area (Å²) >= 11 is 0. The van der Waals surface area contributed by atoms with Crippen LogP contribution in [0.4, 0.5) is 11.6 Å². The molecule has 9 nitrogen and oxygen atoms in total. The number of H-pyrrole nitrogens is 1.